The van der Waals surface area contributed by atoms with Gasteiger partial charge in [-0.25, -0.2) is 8.42 Å². The van der Waals surface area contributed by atoms with Crippen LogP contribution in [0.15, 0.2) is 29.4 Å². The number of sulfone groups is 1. The summed E-state index contributed by atoms with van der Waals surface area (Å²) in [6.07, 6.45) is 0. The van der Waals surface area contributed by atoms with Gasteiger partial charge < -0.3 is 15.7 Å². The molecule has 20 heavy (non-hydrogen) atoms. The van der Waals surface area contributed by atoms with E-state index in [2.05, 4.69) is 5.16 Å². The van der Waals surface area contributed by atoms with Crippen molar-refractivity contribution in [2.24, 2.45) is 10.9 Å². The van der Waals surface area contributed by atoms with Crippen molar-refractivity contribution in [3.8, 4) is 5.75 Å². The highest BCUT2D eigenvalue weighted by atomic mass is 32.2. The van der Waals surface area contributed by atoms with Gasteiger partial charge in [-0.05, 0) is 32.9 Å². The molecule has 0 heterocycles. The van der Waals surface area contributed by atoms with Crippen LogP contribution in [0.5, 0.6) is 5.75 Å². The van der Waals surface area contributed by atoms with Crippen molar-refractivity contribution in [2.75, 3.05) is 12.4 Å². The number of oxime groups is 1. The molecule has 0 atom stereocenters. The maximum Gasteiger partial charge on any atom is 0.170 e. The zero-order chi connectivity index (χ0) is 15.4. The van der Waals surface area contributed by atoms with Crippen molar-refractivity contribution in [3.63, 3.8) is 0 Å². The van der Waals surface area contributed by atoms with Gasteiger partial charge in [0.2, 0.25) is 0 Å². The van der Waals surface area contributed by atoms with E-state index < -0.39 is 14.6 Å². The summed E-state index contributed by atoms with van der Waals surface area (Å²) in [5.41, 5.74) is 5.97. The van der Waals surface area contributed by atoms with Crippen LogP contribution >= 0.6 is 0 Å². The summed E-state index contributed by atoms with van der Waals surface area (Å²) in [5, 5.41) is 11.5. The van der Waals surface area contributed by atoms with Crippen molar-refractivity contribution >= 4 is 15.7 Å². The summed E-state index contributed by atoms with van der Waals surface area (Å²) in [6, 6.07) is 6.60. The average Bonchev–Trinajstić information content (AvgIpc) is 2.36. The first-order valence-corrected chi connectivity index (χ1v) is 7.75. The molecule has 0 saturated carbocycles. The summed E-state index contributed by atoms with van der Waals surface area (Å²) < 4.78 is 28.4. The van der Waals surface area contributed by atoms with Crippen LogP contribution in [0.25, 0.3) is 0 Å². The van der Waals surface area contributed by atoms with Gasteiger partial charge in [-0.2, -0.15) is 0 Å². The number of ether oxygens (including phenoxy) is 1. The number of hydrogen-bond donors (Lipinski definition) is 2. The zero-order valence-electron chi connectivity index (χ0n) is 11.8. The van der Waals surface area contributed by atoms with E-state index in [1.807, 2.05) is 0 Å². The minimum atomic E-state index is -3.21. The molecule has 112 valence electrons. The lowest BCUT2D eigenvalue weighted by Crippen LogP contribution is -2.32. The molecule has 0 amide bonds. The van der Waals surface area contributed by atoms with Crippen molar-refractivity contribution in [3.05, 3.63) is 29.8 Å². The third-order valence-electron chi connectivity index (χ3n) is 2.79. The highest BCUT2D eigenvalue weighted by Gasteiger charge is 2.28. The molecule has 0 aliphatic heterocycles. The van der Waals surface area contributed by atoms with E-state index in [4.69, 9.17) is 15.7 Å². The molecule has 7 heteroatoms. The van der Waals surface area contributed by atoms with Crippen LogP contribution in [0.2, 0.25) is 0 Å². The predicted octanol–water partition coefficient (Wildman–Crippen LogP) is 1.37. The Morgan fingerprint density at radius 1 is 1.40 bits per heavy atom. The summed E-state index contributed by atoms with van der Waals surface area (Å²) in [6.45, 7) is 5.02. The minimum absolute atomic E-state index is 0.0298. The van der Waals surface area contributed by atoms with E-state index in [0.29, 0.717) is 11.3 Å². The topological polar surface area (TPSA) is 102 Å². The van der Waals surface area contributed by atoms with Crippen LogP contribution in [0.4, 0.5) is 0 Å². The lowest BCUT2D eigenvalue weighted by Gasteiger charge is -2.19. The van der Waals surface area contributed by atoms with Gasteiger partial charge in [0.15, 0.2) is 15.7 Å². The minimum Gasteiger partial charge on any atom is -0.493 e. The lowest BCUT2D eigenvalue weighted by molar-refractivity contribution is 0.318. The Balaban J connectivity index is 2.68. The van der Waals surface area contributed by atoms with E-state index in [9.17, 15) is 8.42 Å². The maximum atomic E-state index is 11.9. The summed E-state index contributed by atoms with van der Waals surface area (Å²) >= 11 is 0. The molecule has 0 aliphatic carbocycles. The van der Waals surface area contributed by atoms with E-state index in [1.165, 1.54) is 0 Å². The van der Waals surface area contributed by atoms with Crippen molar-refractivity contribution < 1.29 is 18.4 Å². The molecule has 0 fully saturated rings. The second-order valence-electron chi connectivity index (χ2n) is 5.29. The molecule has 0 radical (unpaired) electrons. The summed E-state index contributed by atoms with van der Waals surface area (Å²) in [5.74, 6) is 0.376. The molecular formula is C13H20N2O4S. The summed E-state index contributed by atoms with van der Waals surface area (Å²) in [7, 11) is -3.21. The quantitative estimate of drug-likeness (QED) is 0.370. The second-order valence-corrected chi connectivity index (χ2v) is 8.16. The molecule has 3 N–H and O–H groups in total. The predicted molar refractivity (Wildman–Crippen MR) is 78.0 cm³/mol. The lowest BCUT2D eigenvalue weighted by atomic mass is 10.2. The Bertz CT molecular complexity index is 589. The normalized spacial score (nSPS) is 13.2. The molecule has 1 aromatic carbocycles. The number of benzene rings is 1. The summed E-state index contributed by atoms with van der Waals surface area (Å²) in [4.78, 5) is 0. The second kappa shape index (κ2) is 6.13. The van der Waals surface area contributed by atoms with E-state index >= 15 is 0 Å². The van der Waals surface area contributed by atoms with Crippen LogP contribution in [0.3, 0.4) is 0 Å². The van der Waals surface area contributed by atoms with Crippen molar-refractivity contribution in [2.45, 2.75) is 25.5 Å². The SMILES string of the molecule is CC(C)(C)S(=O)(=O)CCOc1cccc(/C(N)=N/O)c1. The Morgan fingerprint density at radius 2 is 2.05 bits per heavy atom. The Kier molecular flexibility index (Phi) is 4.99. The van der Waals surface area contributed by atoms with Crippen LogP contribution in [0, 0.1) is 0 Å². The fourth-order valence-corrected chi connectivity index (χ4v) is 2.29. The first-order valence-electron chi connectivity index (χ1n) is 6.10. The Hall–Kier alpha value is -1.76. The van der Waals surface area contributed by atoms with Crippen molar-refractivity contribution in [1.29, 1.82) is 0 Å². The first kappa shape index (κ1) is 16.3. The van der Waals surface area contributed by atoms with Gasteiger partial charge in [-0.3, -0.25) is 0 Å². The van der Waals surface area contributed by atoms with Gasteiger partial charge in [-0.1, -0.05) is 17.3 Å². The number of nitrogens with zero attached hydrogens (tertiary/aromatic N) is 1. The molecule has 0 bridgehead atoms. The van der Waals surface area contributed by atoms with E-state index in [-0.39, 0.29) is 18.2 Å². The molecule has 1 aromatic rings. The smallest absolute Gasteiger partial charge is 0.170 e. The molecule has 0 saturated heterocycles. The highest BCUT2D eigenvalue weighted by molar-refractivity contribution is 7.92. The first-order chi connectivity index (χ1) is 9.17. The molecule has 0 spiro atoms. The van der Waals surface area contributed by atoms with Gasteiger partial charge in [0, 0.05) is 5.56 Å². The Morgan fingerprint density at radius 3 is 2.60 bits per heavy atom. The van der Waals surface area contributed by atoms with Crippen LogP contribution < -0.4 is 10.5 Å². The standard InChI is InChI=1S/C13H20N2O4S/c1-13(2,3)20(17,18)8-7-19-11-6-4-5-10(9-11)12(14)15-16/h4-6,9,16H,7-8H2,1-3H3,(H2,14,15). The van der Waals surface area contributed by atoms with Crippen LogP contribution in [0.1, 0.15) is 26.3 Å². The van der Waals surface area contributed by atoms with E-state index in [1.54, 1.807) is 45.0 Å². The van der Waals surface area contributed by atoms with Gasteiger partial charge >= 0.3 is 0 Å². The molecular weight excluding hydrogens is 280 g/mol. The average molecular weight is 300 g/mol. The molecule has 1 rings (SSSR count). The van der Waals surface area contributed by atoms with Crippen molar-refractivity contribution in [1.82, 2.24) is 0 Å². The van der Waals surface area contributed by atoms with Gasteiger partial charge in [-0.15, -0.1) is 0 Å². The number of hydrogen-bond acceptors (Lipinski definition) is 5. The molecule has 0 aromatic heterocycles. The maximum absolute atomic E-state index is 11.9. The van der Waals surface area contributed by atoms with E-state index in [0.717, 1.165) is 0 Å². The number of rotatable bonds is 5. The molecule has 0 unspecified atom stereocenters. The Labute approximate surface area is 119 Å². The van der Waals surface area contributed by atoms with Gasteiger partial charge in [0.05, 0.1) is 10.5 Å². The number of amidine groups is 1. The monoisotopic (exact) mass is 300 g/mol. The number of nitrogens with two attached hydrogens (primary N) is 1. The van der Waals surface area contributed by atoms with Gasteiger partial charge in [0.25, 0.3) is 0 Å². The molecule has 0 aliphatic rings. The van der Waals surface area contributed by atoms with Gasteiger partial charge in [0.1, 0.15) is 12.4 Å². The third kappa shape index (κ3) is 4.12. The highest BCUT2D eigenvalue weighted by Crippen LogP contribution is 2.17. The fourth-order valence-electron chi connectivity index (χ4n) is 1.38. The molecule has 6 nitrogen and oxygen atoms in total. The largest absolute Gasteiger partial charge is 0.493 e. The van der Waals surface area contributed by atoms with Crippen LogP contribution in [-0.4, -0.2) is 36.6 Å². The van der Waals surface area contributed by atoms with Crippen LogP contribution in [-0.2, 0) is 9.84 Å². The fraction of sp³-hybridized carbons (Fsp3) is 0.462. The third-order valence-corrected chi connectivity index (χ3v) is 5.36. The zero-order valence-corrected chi connectivity index (χ0v) is 12.6.